The Bertz CT molecular complexity index is 299. The van der Waals surface area contributed by atoms with Crippen LogP contribution in [0.5, 0.6) is 0 Å². The second-order valence-corrected chi connectivity index (χ2v) is 3.78. The highest BCUT2D eigenvalue weighted by atomic mass is 35.5. The molecule has 0 aliphatic rings. The van der Waals surface area contributed by atoms with Gasteiger partial charge in [0.05, 0.1) is 5.41 Å². The van der Waals surface area contributed by atoms with Crippen LogP contribution in [-0.4, -0.2) is 11.4 Å². The summed E-state index contributed by atoms with van der Waals surface area (Å²) in [6.07, 6.45) is -0.979. The molecule has 13 heavy (non-hydrogen) atoms. The number of pyridine rings is 1. The van der Waals surface area contributed by atoms with Gasteiger partial charge in [-0.25, -0.2) is 13.8 Å². The SMILES string of the molecule is CC(C)(c1ccnc(Cl)c1)C(F)F. The van der Waals surface area contributed by atoms with Crippen LogP contribution in [0.15, 0.2) is 18.3 Å². The summed E-state index contributed by atoms with van der Waals surface area (Å²) >= 11 is 5.60. The first kappa shape index (κ1) is 10.4. The Balaban J connectivity index is 3.07. The minimum absolute atomic E-state index is 0.242. The topological polar surface area (TPSA) is 12.9 Å². The summed E-state index contributed by atoms with van der Waals surface area (Å²) in [7, 11) is 0. The molecule has 0 radical (unpaired) electrons. The molecule has 72 valence electrons. The van der Waals surface area contributed by atoms with E-state index in [1.807, 2.05) is 0 Å². The van der Waals surface area contributed by atoms with Gasteiger partial charge in [0, 0.05) is 6.20 Å². The molecule has 1 aromatic rings. The summed E-state index contributed by atoms with van der Waals surface area (Å²) < 4.78 is 25.1. The van der Waals surface area contributed by atoms with Crippen molar-refractivity contribution in [2.24, 2.45) is 0 Å². The standard InChI is InChI=1S/C9H10ClF2N/c1-9(2,8(11)12)6-3-4-13-7(10)5-6/h3-5,8H,1-2H3. The highest BCUT2D eigenvalue weighted by Crippen LogP contribution is 2.30. The van der Waals surface area contributed by atoms with Crippen molar-refractivity contribution in [1.82, 2.24) is 4.98 Å². The lowest BCUT2D eigenvalue weighted by Crippen LogP contribution is -2.26. The minimum atomic E-state index is -2.41. The van der Waals surface area contributed by atoms with Gasteiger partial charge < -0.3 is 0 Å². The first-order chi connectivity index (χ1) is 5.94. The molecule has 1 nitrogen and oxygen atoms in total. The molecule has 0 aromatic carbocycles. The Morgan fingerprint density at radius 2 is 2.08 bits per heavy atom. The van der Waals surface area contributed by atoms with Crippen LogP contribution in [0.1, 0.15) is 19.4 Å². The van der Waals surface area contributed by atoms with Gasteiger partial charge in [0.2, 0.25) is 6.43 Å². The molecular weight excluding hydrogens is 196 g/mol. The average Bonchev–Trinajstić information content (AvgIpc) is 2.04. The fourth-order valence-electron chi connectivity index (χ4n) is 0.929. The first-order valence-corrected chi connectivity index (χ1v) is 4.22. The monoisotopic (exact) mass is 205 g/mol. The van der Waals surface area contributed by atoms with Crippen LogP contribution in [0.25, 0.3) is 0 Å². The van der Waals surface area contributed by atoms with Crippen molar-refractivity contribution in [2.75, 3.05) is 0 Å². The Kier molecular flexibility index (Phi) is 2.86. The van der Waals surface area contributed by atoms with E-state index >= 15 is 0 Å². The molecule has 1 aromatic heterocycles. The molecule has 4 heteroatoms. The van der Waals surface area contributed by atoms with E-state index < -0.39 is 11.8 Å². The zero-order valence-corrected chi connectivity index (χ0v) is 8.15. The molecule has 0 atom stereocenters. The average molecular weight is 206 g/mol. The predicted octanol–water partition coefficient (Wildman–Crippen LogP) is 3.28. The van der Waals surface area contributed by atoms with Gasteiger partial charge in [0.15, 0.2) is 0 Å². The van der Waals surface area contributed by atoms with Crippen molar-refractivity contribution < 1.29 is 8.78 Å². The van der Waals surface area contributed by atoms with Crippen molar-refractivity contribution in [3.8, 4) is 0 Å². The molecule has 0 spiro atoms. The van der Waals surface area contributed by atoms with E-state index in [2.05, 4.69) is 4.98 Å². The molecule has 0 aliphatic carbocycles. The quantitative estimate of drug-likeness (QED) is 0.676. The zero-order chi connectivity index (χ0) is 10.1. The summed E-state index contributed by atoms with van der Waals surface area (Å²) in [5, 5.41) is 0.242. The van der Waals surface area contributed by atoms with Gasteiger partial charge >= 0.3 is 0 Å². The Hall–Kier alpha value is -0.700. The van der Waals surface area contributed by atoms with Crippen LogP contribution in [-0.2, 0) is 5.41 Å². The maximum absolute atomic E-state index is 12.6. The van der Waals surface area contributed by atoms with Gasteiger partial charge in [-0.2, -0.15) is 0 Å². The van der Waals surface area contributed by atoms with Gasteiger partial charge in [-0.1, -0.05) is 25.4 Å². The van der Waals surface area contributed by atoms with E-state index in [9.17, 15) is 8.78 Å². The number of aromatic nitrogens is 1. The Morgan fingerprint density at radius 3 is 2.54 bits per heavy atom. The molecule has 0 N–H and O–H groups in total. The lowest BCUT2D eigenvalue weighted by atomic mass is 9.86. The van der Waals surface area contributed by atoms with Crippen LogP contribution >= 0.6 is 11.6 Å². The van der Waals surface area contributed by atoms with Crippen LogP contribution in [0, 0.1) is 0 Å². The van der Waals surface area contributed by atoms with E-state index in [4.69, 9.17) is 11.6 Å². The Labute approximate surface area is 80.7 Å². The fraction of sp³-hybridized carbons (Fsp3) is 0.444. The van der Waals surface area contributed by atoms with Crippen molar-refractivity contribution in [1.29, 1.82) is 0 Å². The van der Waals surface area contributed by atoms with Gasteiger partial charge in [-0.3, -0.25) is 0 Å². The Morgan fingerprint density at radius 1 is 1.46 bits per heavy atom. The van der Waals surface area contributed by atoms with E-state index in [1.165, 1.54) is 26.1 Å². The third-order valence-electron chi connectivity index (χ3n) is 2.02. The maximum atomic E-state index is 12.6. The van der Waals surface area contributed by atoms with E-state index in [-0.39, 0.29) is 5.15 Å². The second-order valence-electron chi connectivity index (χ2n) is 3.39. The highest BCUT2D eigenvalue weighted by molar-refractivity contribution is 6.29. The van der Waals surface area contributed by atoms with E-state index in [1.54, 1.807) is 6.07 Å². The van der Waals surface area contributed by atoms with Crippen molar-refractivity contribution >= 4 is 11.6 Å². The number of alkyl halides is 2. The lowest BCUT2D eigenvalue weighted by Gasteiger charge is -2.23. The molecular formula is C9H10ClF2N. The molecule has 1 rings (SSSR count). The third kappa shape index (κ3) is 2.15. The molecule has 0 aliphatic heterocycles. The van der Waals surface area contributed by atoms with Crippen LogP contribution in [0.2, 0.25) is 5.15 Å². The van der Waals surface area contributed by atoms with Crippen LogP contribution < -0.4 is 0 Å². The molecule has 0 bridgehead atoms. The minimum Gasteiger partial charge on any atom is -0.245 e. The van der Waals surface area contributed by atoms with Crippen LogP contribution in [0.4, 0.5) is 8.78 Å². The molecule has 0 saturated heterocycles. The number of rotatable bonds is 2. The fourth-order valence-corrected chi connectivity index (χ4v) is 1.10. The van der Waals surface area contributed by atoms with Crippen molar-refractivity contribution in [2.45, 2.75) is 25.7 Å². The van der Waals surface area contributed by atoms with Crippen LogP contribution in [0.3, 0.4) is 0 Å². The predicted molar refractivity (Wildman–Crippen MR) is 48.3 cm³/mol. The summed E-state index contributed by atoms with van der Waals surface area (Å²) in [5.74, 6) is 0. The molecule has 0 fully saturated rings. The van der Waals surface area contributed by atoms with Gasteiger partial charge in [0.1, 0.15) is 5.15 Å². The van der Waals surface area contributed by atoms with E-state index in [0.29, 0.717) is 5.56 Å². The number of hydrogen-bond acceptors (Lipinski definition) is 1. The summed E-state index contributed by atoms with van der Waals surface area (Å²) in [6, 6.07) is 3.02. The summed E-state index contributed by atoms with van der Waals surface area (Å²) in [5.41, 5.74) is -0.672. The highest BCUT2D eigenvalue weighted by Gasteiger charge is 2.31. The number of nitrogens with zero attached hydrogens (tertiary/aromatic N) is 1. The molecule has 0 amide bonds. The third-order valence-corrected chi connectivity index (χ3v) is 2.22. The largest absolute Gasteiger partial charge is 0.247 e. The summed E-state index contributed by atoms with van der Waals surface area (Å²) in [6.45, 7) is 2.95. The smallest absolute Gasteiger partial charge is 0.245 e. The normalized spacial score (nSPS) is 12.2. The van der Waals surface area contributed by atoms with E-state index in [0.717, 1.165) is 0 Å². The zero-order valence-electron chi connectivity index (χ0n) is 7.39. The molecule has 0 saturated carbocycles. The maximum Gasteiger partial charge on any atom is 0.247 e. The first-order valence-electron chi connectivity index (χ1n) is 3.85. The van der Waals surface area contributed by atoms with Gasteiger partial charge in [0.25, 0.3) is 0 Å². The lowest BCUT2D eigenvalue weighted by molar-refractivity contribution is 0.0694. The second kappa shape index (κ2) is 3.58. The number of hydrogen-bond donors (Lipinski definition) is 0. The summed E-state index contributed by atoms with van der Waals surface area (Å²) in [4.78, 5) is 3.73. The molecule has 1 heterocycles. The number of halogens is 3. The van der Waals surface area contributed by atoms with Gasteiger partial charge in [-0.15, -0.1) is 0 Å². The van der Waals surface area contributed by atoms with Crippen molar-refractivity contribution in [3.63, 3.8) is 0 Å². The van der Waals surface area contributed by atoms with Gasteiger partial charge in [-0.05, 0) is 17.7 Å². The molecule has 0 unspecified atom stereocenters. The van der Waals surface area contributed by atoms with Crippen molar-refractivity contribution in [3.05, 3.63) is 29.0 Å².